The number of unbranched alkanes of at least 4 members (excludes halogenated alkanes) is 1. The van der Waals surface area contributed by atoms with Crippen molar-refractivity contribution in [1.29, 1.82) is 0 Å². The molecule has 6 nitrogen and oxygen atoms in total. The van der Waals surface area contributed by atoms with Crippen LogP contribution in [0.25, 0.3) is 0 Å². The number of hydrogen-bond acceptors (Lipinski definition) is 5. The number of esters is 1. The average molecular weight is 271 g/mol. The molecule has 1 aliphatic heterocycles. The maximum Gasteiger partial charge on any atom is 0.409 e. The third kappa shape index (κ3) is 4.54. The van der Waals surface area contributed by atoms with Crippen LogP contribution in [-0.4, -0.2) is 49.0 Å². The SMILES string of the molecule is CCCCOC(=O)N1CCC(=O)C(C(=O)OCC)C1. The summed E-state index contributed by atoms with van der Waals surface area (Å²) in [6.07, 6.45) is 1.46. The van der Waals surface area contributed by atoms with E-state index >= 15 is 0 Å². The van der Waals surface area contributed by atoms with Crippen molar-refractivity contribution < 1.29 is 23.9 Å². The molecule has 1 amide bonds. The van der Waals surface area contributed by atoms with Gasteiger partial charge in [-0.05, 0) is 13.3 Å². The first-order valence-electron chi connectivity index (χ1n) is 6.71. The van der Waals surface area contributed by atoms with Gasteiger partial charge in [-0.3, -0.25) is 9.59 Å². The number of hydrogen-bond donors (Lipinski definition) is 0. The van der Waals surface area contributed by atoms with E-state index in [9.17, 15) is 14.4 Å². The fourth-order valence-electron chi connectivity index (χ4n) is 1.84. The summed E-state index contributed by atoms with van der Waals surface area (Å²) in [5.41, 5.74) is 0. The zero-order valence-corrected chi connectivity index (χ0v) is 11.5. The van der Waals surface area contributed by atoms with Crippen molar-refractivity contribution in [1.82, 2.24) is 4.90 Å². The molecule has 0 aliphatic carbocycles. The van der Waals surface area contributed by atoms with E-state index < -0.39 is 18.0 Å². The lowest BCUT2D eigenvalue weighted by atomic mass is 9.97. The van der Waals surface area contributed by atoms with Crippen molar-refractivity contribution in [3.63, 3.8) is 0 Å². The van der Waals surface area contributed by atoms with Gasteiger partial charge in [-0.2, -0.15) is 0 Å². The number of ketones is 1. The van der Waals surface area contributed by atoms with Gasteiger partial charge >= 0.3 is 12.1 Å². The van der Waals surface area contributed by atoms with Crippen molar-refractivity contribution in [2.24, 2.45) is 5.92 Å². The highest BCUT2D eigenvalue weighted by Crippen LogP contribution is 2.15. The molecule has 0 aromatic rings. The van der Waals surface area contributed by atoms with Crippen LogP contribution in [0.1, 0.15) is 33.1 Å². The predicted molar refractivity (Wildman–Crippen MR) is 67.6 cm³/mol. The lowest BCUT2D eigenvalue weighted by Crippen LogP contribution is -2.47. The topological polar surface area (TPSA) is 72.9 Å². The smallest absolute Gasteiger partial charge is 0.409 e. The summed E-state index contributed by atoms with van der Waals surface area (Å²) in [5.74, 6) is -1.60. The van der Waals surface area contributed by atoms with Gasteiger partial charge in [-0.15, -0.1) is 0 Å². The highest BCUT2D eigenvalue weighted by molar-refractivity contribution is 6.00. The highest BCUT2D eigenvalue weighted by atomic mass is 16.6. The molecule has 19 heavy (non-hydrogen) atoms. The van der Waals surface area contributed by atoms with E-state index in [0.717, 1.165) is 12.8 Å². The molecule has 0 saturated carbocycles. The maximum atomic E-state index is 11.7. The summed E-state index contributed by atoms with van der Waals surface area (Å²) in [4.78, 5) is 36.4. The third-order valence-electron chi connectivity index (χ3n) is 2.97. The normalized spacial score (nSPS) is 19.2. The Morgan fingerprint density at radius 3 is 2.68 bits per heavy atom. The van der Waals surface area contributed by atoms with Crippen LogP contribution in [0, 0.1) is 5.92 Å². The van der Waals surface area contributed by atoms with Crippen LogP contribution in [0.3, 0.4) is 0 Å². The summed E-state index contributed by atoms with van der Waals surface area (Å²) >= 11 is 0. The number of carbonyl (C=O) groups is 3. The molecule has 0 N–H and O–H groups in total. The summed E-state index contributed by atoms with van der Waals surface area (Å²) in [7, 11) is 0. The van der Waals surface area contributed by atoms with E-state index in [1.165, 1.54) is 4.90 Å². The second-order valence-corrected chi connectivity index (χ2v) is 4.43. The summed E-state index contributed by atoms with van der Waals surface area (Å²) in [6.45, 7) is 4.64. The first kappa shape index (κ1) is 15.5. The van der Waals surface area contributed by atoms with Crippen LogP contribution in [0.5, 0.6) is 0 Å². The molecule has 1 unspecified atom stereocenters. The molecule has 1 aliphatic rings. The van der Waals surface area contributed by atoms with Crippen LogP contribution in [0.2, 0.25) is 0 Å². The molecule has 1 fully saturated rings. The van der Waals surface area contributed by atoms with E-state index in [1.54, 1.807) is 6.92 Å². The molecule has 0 spiro atoms. The minimum atomic E-state index is -0.868. The van der Waals surface area contributed by atoms with Gasteiger partial charge in [0.15, 0.2) is 5.78 Å². The van der Waals surface area contributed by atoms with Gasteiger partial charge in [0.05, 0.1) is 13.2 Å². The zero-order valence-electron chi connectivity index (χ0n) is 11.5. The van der Waals surface area contributed by atoms with Crippen molar-refractivity contribution in [2.75, 3.05) is 26.3 Å². The number of amides is 1. The molecule has 1 atom stereocenters. The van der Waals surface area contributed by atoms with Gasteiger partial charge in [-0.1, -0.05) is 13.3 Å². The first-order valence-corrected chi connectivity index (χ1v) is 6.71. The monoisotopic (exact) mass is 271 g/mol. The third-order valence-corrected chi connectivity index (χ3v) is 2.97. The van der Waals surface area contributed by atoms with Crippen LogP contribution in [-0.2, 0) is 19.1 Å². The van der Waals surface area contributed by atoms with Crippen molar-refractivity contribution in [3.8, 4) is 0 Å². The molecule has 1 heterocycles. The number of piperidine rings is 1. The van der Waals surface area contributed by atoms with Gasteiger partial charge in [0, 0.05) is 19.5 Å². The summed E-state index contributed by atoms with van der Waals surface area (Å²) in [6, 6.07) is 0. The zero-order chi connectivity index (χ0) is 14.3. The molecule has 6 heteroatoms. The number of ether oxygens (including phenoxy) is 2. The van der Waals surface area contributed by atoms with E-state index in [4.69, 9.17) is 9.47 Å². The van der Waals surface area contributed by atoms with Crippen LogP contribution < -0.4 is 0 Å². The lowest BCUT2D eigenvalue weighted by molar-refractivity contribution is -0.153. The van der Waals surface area contributed by atoms with Crippen LogP contribution in [0.4, 0.5) is 4.79 Å². The molecule has 0 aromatic carbocycles. The maximum absolute atomic E-state index is 11.7. The second-order valence-electron chi connectivity index (χ2n) is 4.43. The van der Waals surface area contributed by atoms with Crippen LogP contribution in [0.15, 0.2) is 0 Å². The molecular formula is C13H21NO5. The largest absolute Gasteiger partial charge is 0.465 e. The minimum Gasteiger partial charge on any atom is -0.465 e. The van der Waals surface area contributed by atoms with E-state index in [-0.39, 0.29) is 25.4 Å². The Balaban J connectivity index is 2.51. The van der Waals surface area contributed by atoms with Gasteiger partial charge in [0.2, 0.25) is 0 Å². The van der Waals surface area contributed by atoms with Crippen molar-refractivity contribution in [2.45, 2.75) is 33.1 Å². The van der Waals surface area contributed by atoms with E-state index in [1.807, 2.05) is 6.92 Å². The molecular weight excluding hydrogens is 250 g/mol. The molecule has 1 saturated heterocycles. The van der Waals surface area contributed by atoms with E-state index in [2.05, 4.69) is 0 Å². The Kier molecular flexibility index (Phi) is 6.32. The Morgan fingerprint density at radius 2 is 2.05 bits per heavy atom. The van der Waals surface area contributed by atoms with Gasteiger partial charge in [0.1, 0.15) is 5.92 Å². The van der Waals surface area contributed by atoms with E-state index in [0.29, 0.717) is 13.2 Å². The predicted octanol–water partition coefficient (Wildman–Crippen LogP) is 1.38. The van der Waals surface area contributed by atoms with Gasteiger partial charge < -0.3 is 14.4 Å². The fraction of sp³-hybridized carbons (Fsp3) is 0.769. The number of carbonyl (C=O) groups excluding carboxylic acids is 3. The van der Waals surface area contributed by atoms with Crippen LogP contribution >= 0.6 is 0 Å². The Morgan fingerprint density at radius 1 is 1.32 bits per heavy atom. The Hall–Kier alpha value is -1.59. The number of likely N-dealkylation sites (tertiary alicyclic amines) is 1. The standard InChI is InChI=1S/C13H21NO5/c1-3-5-8-19-13(17)14-7-6-11(15)10(9-14)12(16)18-4-2/h10H,3-9H2,1-2H3. The Bertz CT molecular complexity index is 342. The first-order chi connectivity index (χ1) is 9.10. The number of Topliss-reactive ketones (excluding diaryl/α,β-unsaturated/α-hetero) is 1. The molecule has 108 valence electrons. The van der Waals surface area contributed by atoms with Gasteiger partial charge in [0.25, 0.3) is 0 Å². The number of rotatable bonds is 5. The number of nitrogens with zero attached hydrogens (tertiary/aromatic N) is 1. The Labute approximate surface area is 113 Å². The molecule has 0 aromatic heterocycles. The minimum absolute atomic E-state index is 0.0582. The average Bonchev–Trinajstić information content (AvgIpc) is 2.39. The summed E-state index contributed by atoms with van der Waals surface area (Å²) in [5, 5.41) is 0. The molecule has 1 rings (SSSR count). The summed E-state index contributed by atoms with van der Waals surface area (Å²) < 4.78 is 9.91. The molecule has 0 radical (unpaired) electrons. The van der Waals surface area contributed by atoms with Gasteiger partial charge in [-0.25, -0.2) is 4.79 Å². The fourth-order valence-corrected chi connectivity index (χ4v) is 1.84. The van der Waals surface area contributed by atoms with Crippen molar-refractivity contribution >= 4 is 17.8 Å². The molecule has 0 bridgehead atoms. The lowest BCUT2D eigenvalue weighted by Gasteiger charge is -2.29. The quantitative estimate of drug-likeness (QED) is 0.429. The second kappa shape index (κ2) is 7.76. The highest BCUT2D eigenvalue weighted by Gasteiger charge is 2.36. The van der Waals surface area contributed by atoms with Crippen molar-refractivity contribution in [3.05, 3.63) is 0 Å².